The number of thioether (sulfide) groups is 1. The van der Waals surface area contributed by atoms with E-state index >= 15 is 0 Å². The van der Waals surface area contributed by atoms with Gasteiger partial charge >= 0.3 is 6.18 Å². The Labute approximate surface area is 209 Å². The van der Waals surface area contributed by atoms with Gasteiger partial charge in [0.1, 0.15) is 16.8 Å². The molecule has 186 valence electrons. The van der Waals surface area contributed by atoms with Crippen LogP contribution >= 0.6 is 30.7 Å². The molecule has 3 aromatic rings. The van der Waals surface area contributed by atoms with Crippen molar-refractivity contribution in [2.45, 2.75) is 18.0 Å². The molecule has 3 rings (SSSR count). The number of halogens is 4. The predicted octanol–water partition coefficient (Wildman–Crippen LogP) is 7.79. The maximum atomic E-state index is 13.6. The molecule has 0 aliphatic rings. The lowest BCUT2D eigenvalue weighted by atomic mass is 10.2. The van der Waals surface area contributed by atoms with Crippen molar-refractivity contribution in [3.05, 3.63) is 87.4 Å². The molecule has 0 bridgehead atoms. The second-order valence-electron chi connectivity index (χ2n) is 7.14. The minimum Gasteiger partial charge on any atom is -0.456 e. The van der Waals surface area contributed by atoms with E-state index in [1.807, 2.05) is 30.3 Å². The summed E-state index contributed by atoms with van der Waals surface area (Å²) >= 11 is 7.43. The van der Waals surface area contributed by atoms with Crippen LogP contribution in [0.15, 0.2) is 71.6 Å². The summed E-state index contributed by atoms with van der Waals surface area (Å²) in [6.07, 6.45) is -4.58. The highest BCUT2D eigenvalue weighted by molar-refractivity contribution is 7.99. The second-order valence-corrected chi connectivity index (χ2v) is 11.4. The van der Waals surface area contributed by atoms with E-state index in [4.69, 9.17) is 20.9 Å². The molecule has 0 aliphatic heterocycles. The Balaban J connectivity index is 1.83. The molecule has 0 fully saturated rings. The molecule has 3 aromatic carbocycles. The summed E-state index contributed by atoms with van der Waals surface area (Å²) in [6.45, 7) is 1.67. The molecular formula is C23H20ClF3NO5PS. The van der Waals surface area contributed by atoms with E-state index in [9.17, 15) is 27.9 Å². The fraction of sp³-hybridized carbons (Fsp3) is 0.217. The van der Waals surface area contributed by atoms with Crippen molar-refractivity contribution in [3.63, 3.8) is 0 Å². The van der Waals surface area contributed by atoms with Gasteiger partial charge in [-0.05, 0) is 36.4 Å². The molecule has 12 heteroatoms. The van der Waals surface area contributed by atoms with Crippen LogP contribution < -0.4 is 10.0 Å². The molecule has 0 aromatic heterocycles. The van der Waals surface area contributed by atoms with E-state index in [0.29, 0.717) is 11.8 Å². The van der Waals surface area contributed by atoms with Crippen LogP contribution in [0.4, 0.5) is 18.9 Å². The van der Waals surface area contributed by atoms with Crippen LogP contribution in [0.3, 0.4) is 0 Å². The number of benzene rings is 3. The van der Waals surface area contributed by atoms with Gasteiger partial charge in [0.2, 0.25) is 7.37 Å². The summed E-state index contributed by atoms with van der Waals surface area (Å²) in [5.41, 5.74) is -1.35. The molecule has 1 unspecified atom stereocenters. The number of nitro groups is 1. The molecule has 0 saturated heterocycles. The number of hydrogen-bond donors (Lipinski definition) is 0. The van der Waals surface area contributed by atoms with Gasteiger partial charge in [0.15, 0.2) is 0 Å². The number of alkyl halides is 3. The van der Waals surface area contributed by atoms with Crippen LogP contribution in [0.1, 0.15) is 12.5 Å². The molecule has 1 atom stereocenters. The lowest BCUT2D eigenvalue weighted by Gasteiger charge is -2.18. The monoisotopic (exact) mass is 545 g/mol. The number of rotatable bonds is 10. The average Bonchev–Trinajstić information content (AvgIpc) is 2.83. The van der Waals surface area contributed by atoms with Gasteiger partial charge in [-0.3, -0.25) is 14.7 Å². The Kier molecular flexibility index (Phi) is 8.88. The van der Waals surface area contributed by atoms with Gasteiger partial charge in [-0.1, -0.05) is 36.7 Å². The van der Waals surface area contributed by atoms with Crippen LogP contribution in [0.25, 0.3) is 0 Å². The molecule has 0 N–H and O–H groups in total. The standard InChI is InChI=1S/C23H20ClF3NO5PS/c1-2-34(31,32-12-13-35-18-6-4-3-5-7-18)22-15-17(9-10-20(22)28(29)30)33-21-11-8-16(14-19(21)24)23(25,26)27/h3-11,14-15H,2,12-13H2,1H3. The second kappa shape index (κ2) is 11.5. The molecule has 0 amide bonds. The lowest BCUT2D eigenvalue weighted by Crippen LogP contribution is -2.15. The summed E-state index contributed by atoms with van der Waals surface area (Å²) in [4.78, 5) is 11.9. The van der Waals surface area contributed by atoms with Crippen LogP contribution in [0.2, 0.25) is 5.02 Å². The number of hydrogen-bond acceptors (Lipinski definition) is 6. The first-order valence-electron chi connectivity index (χ1n) is 10.3. The predicted molar refractivity (Wildman–Crippen MR) is 131 cm³/mol. The number of ether oxygens (including phenoxy) is 1. The van der Waals surface area contributed by atoms with Crippen molar-refractivity contribution >= 4 is 41.7 Å². The highest BCUT2D eigenvalue weighted by Gasteiger charge is 2.33. The maximum Gasteiger partial charge on any atom is 0.416 e. The summed E-state index contributed by atoms with van der Waals surface area (Å²) in [7, 11) is -3.66. The van der Waals surface area contributed by atoms with Crippen LogP contribution in [-0.2, 0) is 15.3 Å². The third kappa shape index (κ3) is 7.01. The van der Waals surface area contributed by atoms with E-state index in [0.717, 1.165) is 23.1 Å². The molecule has 6 nitrogen and oxygen atoms in total. The van der Waals surface area contributed by atoms with E-state index in [1.165, 1.54) is 23.9 Å². The molecule has 0 heterocycles. The minimum absolute atomic E-state index is 0.00562. The Morgan fingerprint density at radius 3 is 2.40 bits per heavy atom. The van der Waals surface area contributed by atoms with E-state index in [2.05, 4.69) is 0 Å². The first-order valence-corrected chi connectivity index (χ1v) is 13.5. The summed E-state index contributed by atoms with van der Waals surface area (Å²) in [5, 5.41) is 11.2. The zero-order chi connectivity index (χ0) is 25.6. The first kappa shape index (κ1) is 27.1. The molecule has 0 aliphatic carbocycles. The normalized spacial score (nSPS) is 13.3. The van der Waals surface area contributed by atoms with Gasteiger partial charge in [-0.2, -0.15) is 13.2 Å². The largest absolute Gasteiger partial charge is 0.456 e. The van der Waals surface area contributed by atoms with Crippen molar-refractivity contribution in [2.24, 2.45) is 0 Å². The minimum atomic E-state index is -4.58. The van der Waals surface area contributed by atoms with Gasteiger partial charge in [0, 0.05) is 28.9 Å². The fourth-order valence-electron chi connectivity index (χ4n) is 3.07. The van der Waals surface area contributed by atoms with Gasteiger partial charge in [-0.15, -0.1) is 11.8 Å². The van der Waals surface area contributed by atoms with Gasteiger partial charge in [0.25, 0.3) is 5.69 Å². The van der Waals surface area contributed by atoms with Crippen molar-refractivity contribution in [1.29, 1.82) is 0 Å². The number of nitrogens with zero attached hydrogens (tertiary/aromatic N) is 1. The summed E-state index contributed by atoms with van der Waals surface area (Å²) in [5.74, 6) is 0.397. The zero-order valence-corrected chi connectivity index (χ0v) is 20.8. The quantitative estimate of drug-likeness (QED) is 0.0850. The van der Waals surface area contributed by atoms with Gasteiger partial charge in [0.05, 0.1) is 22.1 Å². The first-order chi connectivity index (χ1) is 16.5. The Morgan fingerprint density at radius 2 is 1.80 bits per heavy atom. The van der Waals surface area contributed by atoms with Crippen molar-refractivity contribution in [2.75, 3.05) is 18.5 Å². The zero-order valence-electron chi connectivity index (χ0n) is 18.3. The lowest BCUT2D eigenvalue weighted by molar-refractivity contribution is -0.383. The fourth-order valence-corrected chi connectivity index (χ4v) is 6.05. The summed E-state index contributed by atoms with van der Waals surface area (Å²) < 4.78 is 63.5. The Bertz CT molecular complexity index is 1240. The molecular weight excluding hydrogens is 526 g/mol. The smallest absolute Gasteiger partial charge is 0.416 e. The highest BCUT2D eigenvalue weighted by atomic mass is 35.5. The summed E-state index contributed by atoms with van der Waals surface area (Å²) in [6, 6.07) is 15.6. The average molecular weight is 546 g/mol. The van der Waals surface area contributed by atoms with Crippen LogP contribution in [0, 0.1) is 10.1 Å². The molecule has 35 heavy (non-hydrogen) atoms. The van der Waals surface area contributed by atoms with Crippen LogP contribution in [-0.4, -0.2) is 23.4 Å². The molecule has 0 radical (unpaired) electrons. The van der Waals surface area contributed by atoms with Crippen LogP contribution in [0.5, 0.6) is 11.5 Å². The van der Waals surface area contributed by atoms with Crippen molar-refractivity contribution in [1.82, 2.24) is 0 Å². The highest BCUT2D eigenvalue weighted by Crippen LogP contribution is 2.49. The molecule has 0 saturated carbocycles. The van der Waals surface area contributed by atoms with Crippen molar-refractivity contribution < 1.29 is 31.9 Å². The van der Waals surface area contributed by atoms with E-state index in [1.54, 1.807) is 6.92 Å². The number of nitro benzene ring substituents is 1. The SMILES string of the molecule is CCP(=O)(OCCSc1ccccc1)c1cc(Oc2ccc(C(F)(F)F)cc2Cl)ccc1[N+](=O)[O-]. The molecule has 0 spiro atoms. The maximum absolute atomic E-state index is 13.6. The van der Waals surface area contributed by atoms with Gasteiger partial charge in [-0.25, -0.2) is 0 Å². The van der Waals surface area contributed by atoms with Gasteiger partial charge < -0.3 is 9.26 Å². The Morgan fingerprint density at radius 1 is 1.09 bits per heavy atom. The Hall–Kier alpha value is -2.52. The topological polar surface area (TPSA) is 78.7 Å². The van der Waals surface area contributed by atoms with Crippen molar-refractivity contribution in [3.8, 4) is 11.5 Å². The third-order valence-electron chi connectivity index (χ3n) is 4.81. The third-order valence-corrected chi connectivity index (χ3v) is 8.61. The van der Waals surface area contributed by atoms with E-state index < -0.39 is 29.7 Å². The van der Waals surface area contributed by atoms with E-state index in [-0.39, 0.29) is 34.6 Å².